The van der Waals surface area contributed by atoms with Gasteiger partial charge in [0, 0.05) is 16.7 Å². The highest BCUT2D eigenvalue weighted by Gasteiger charge is 2.25. The molecule has 0 aliphatic rings. The first-order valence-electron chi connectivity index (χ1n) is 14.6. The van der Waals surface area contributed by atoms with E-state index in [1.807, 2.05) is 18.2 Å². The molecule has 0 aromatic heterocycles. The molecule has 6 aromatic carbocycles. The van der Waals surface area contributed by atoms with Crippen LogP contribution in [0.25, 0.3) is 43.4 Å². The van der Waals surface area contributed by atoms with Crippen LogP contribution in [0.3, 0.4) is 0 Å². The summed E-state index contributed by atoms with van der Waals surface area (Å²) in [4.78, 5) is 14.7. The fourth-order valence-electron chi connectivity index (χ4n) is 6.16. The van der Waals surface area contributed by atoms with E-state index < -0.39 is 0 Å². The Morgan fingerprint density at radius 2 is 1.02 bits per heavy atom. The molecule has 0 N–H and O–H groups in total. The SMILES string of the molecule is Cc1cc2c3ccccc3c(C(=O)c3ccc(C(C)(C)C)cc3)c(-c3ccc(C(C)(C)C)cc3)c2c2ccccc12. The molecule has 0 saturated heterocycles. The standard InChI is InChI=1S/C40H38O/c1-25-24-34-31-13-9-11-15-33(31)37(38(41)27-18-22-29(23-19-27)40(5,6)7)35(36(34)32-14-10-8-12-30(25)32)26-16-20-28(21-17-26)39(2,3)4/h8-24H,1-7H3. The highest BCUT2D eigenvalue weighted by Crippen LogP contribution is 2.44. The van der Waals surface area contributed by atoms with Gasteiger partial charge in [0.15, 0.2) is 5.78 Å². The van der Waals surface area contributed by atoms with Crippen LogP contribution in [0, 0.1) is 6.92 Å². The minimum atomic E-state index is 0.0218. The van der Waals surface area contributed by atoms with Gasteiger partial charge in [0.05, 0.1) is 0 Å². The van der Waals surface area contributed by atoms with Crippen LogP contribution in [-0.2, 0) is 10.8 Å². The summed E-state index contributed by atoms with van der Waals surface area (Å²) in [5.41, 5.74) is 7.37. The van der Waals surface area contributed by atoms with Crippen LogP contribution in [0.15, 0.2) is 103 Å². The van der Waals surface area contributed by atoms with Crippen LogP contribution in [0.1, 0.15) is 74.2 Å². The maximum absolute atomic E-state index is 14.7. The van der Waals surface area contributed by atoms with Crippen molar-refractivity contribution in [2.75, 3.05) is 0 Å². The van der Waals surface area contributed by atoms with Crippen LogP contribution >= 0.6 is 0 Å². The summed E-state index contributed by atoms with van der Waals surface area (Å²) in [6.45, 7) is 15.5. The van der Waals surface area contributed by atoms with Gasteiger partial charge in [-0.05, 0) is 72.3 Å². The van der Waals surface area contributed by atoms with Crippen molar-refractivity contribution in [1.29, 1.82) is 0 Å². The van der Waals surface area contributed by atoms with Crippen molar-refractivity contribution in [3.8, 4) is 11.1 Å². The largest absolute Gasteiger partial charge is 0.289 e. The first-order chi connectivity index (χ1) is 19.4. The van der Waals surface area contributed by atoms with Gasteiger partial charge in [0.1, 0.15) is 0 Å². The Labute approximate surface area is 243 Å². The smallest absolute Gasteiger partial charge is 0.194 e. The minimum absolute atomic E-state index is 0.0218. The highest BCUT2D eigenvalue weighted by atomic mass is 16.1. The summed E-state index contributed by atoms with van der Waals surface area (Å²) in [5.74, 6) is 0.0584. The summed E-state index contributed by atoms with van der Waals surface area (Å²) in [5, 5.41) is 6.83. The summed E-state index contributed by atoms with van der Waals surface area (Å²) in [6, 6.07) is 36.4. The quantitative estimate of drug-likeness (QED) is 0.163. The molecule has 0 aliphatic carbocycles. The Balaban J connectivity index is 1.76. The molecule has 0 unspecified atom stereocenters. The summed E-state index contributed by atoms with van der Waals surface area (Å²) in [6.07, 6.45) is 0. The van der Waals surface area contributed by atoms with Crippen molar-refractivity contribution in [1.82, 2.24) is 0 Å². The number of fused-ring (bicyclic) bond motifs is 5. The van der Waals surface area contributed by atoms with Crippen molar-refractivity contribution in [3.05, 3.63) is 131 Å². The predicted octanol–water partition coefficient (Wildman–Crippen LogP) is 10.9. The molecule has 6 rings (SSSR count). The lowest BCUT2D eigenvalue weighted by Gasteiger charge is -2.22. The molecule has 0 bridgehead atoms. The lowest BCUT2D eigenvalue weighted by atomic mass is 9.80. The molecule has 0 saturated carbocycles. The first-order valence-corrected chi connectivity index (χ1v) is 14.6. The fraction of sp³-hybridized carbons (Fsp3) is 0.225. The minimum Gasteiger partial charge on any atom is -0.289 e. The molecular formula is C40H38O. The highest BCUT2D eigenvalue weighted by molar-refractivity contribution is 6.32. The van der Waals surface area contributed by atoms with Gasteiger partial charge in [-0.25, -0.2) is 0 Å². The van der Waals surface area contributed by atoms with E-state index in [2.05, 4.69) is 133 Å². The van der Waals surface area contributed by atoms with Gasteiger partial charge >= 0.3 is 0 Å². The number of aryl methyl sites for hydroxylation is 1. The molecule has 0 aliphatic heterocycles. The van der Waals surface area contributed by atoms with Crippen molar-refractivity contribution in [2.24, 2.45) is 0 Å². The fourth-order valence-corrected chi connectivity index (χ4v) is 6.16. The van der Waals surface area contributed by atoms with Gasteiger partial charge in [-0.1, -0.05) is 145 Å². The van der Waals surface area contributed by atoms with E-state index in [4.69, 9.17) is 0 Å². The second-order valence-electron chi connectivity index (χ2n) is 13.4. The molecule has 1 heteroatoms. The van der Waals surface area contributed by atoms with E-state index in [0.717, 1.165) is 32.8 Å². The van der Waals surface area contributed by atoms with Gasteiger partial charge in [-0.2, -0.15) is 0 Å². The Morgan fingerprint density at radius 3 is 1.59 bits per heavy atom. The zero-order valence-electron chi connectivity index (χ0n) is 25.2. The maximum atomic E-state index is 14.7. The summed E-state index contributed by atoms with van der Waals surface area (Å²) >= 11 is 0. The molecule has 0 heterocycles. The zero-order chi connectivity index (χ0) is 29.1. The van der Waals surface area contributed by atoms with Crippen molar-refractivity contribution < 1.29 is 4.79 Å². The number of carbonyl (C=O) groups excluding carboxylic acids is 1. The van der Waals surface area contributed by atoms with Crippen LogP contribution in [-0.4, -0.2) is 5.78 Å². The van der Waals surface area contributed by atoms with E-state index in [1.165, 1.54) is 32.8 Å². The van der Waals surface area contributed by atoms with Crippen molar-refractivity contribution in [3.63, 3.8) is 0 Å². The molecule has 204 valence electrons. The molecule has 41 heavy (non-hydrogen) atoms. The van der Waals surface area contributed by atoms with Gasteiger partial charge in [0.25, 0.3) is 0 Å². The second kappa shape index (κ2) is 9.70. The van der Waals surface area contributed by atoms with Gasteiger partial charge < -0.3 is 0 Å². The molecule has 0 amide bonds. The Bertz CT molecular complexity index is 1940. The van der Waals surface area contributed by atoms with Crippen molar-refractivity contribution >= 4 is 38.1 Å². The van der Waals surface area contributed by atoms with E-state index in [-0.39, 0.29) is 16.6 Å². The summed E-state index contributed by atoms with van der Waals surface area (Å²) < 4.78 is 0. The maximum Gasteiger partial charge on any atom is 0.194 e. The molecule has 0 fully saturated rings. The number of hydrogen-bond acceptors (Lipinski definition) is 1. The van der Waals surface area contributed by atoms with E-state index >= 15 is 0 Å². The average Bonchev–Trinajstić information content (AvgIpc) is 2.95. The molecule has 0 radical (unpaired) electrons. The van der Waals surface area contributed by atoms with Crippen molar-refractivity contribution in [2.45, 2.75) is 59.3 Å². The average molecular weight is 535 g/mol. The lowest BCUT2D eigenvalue weighted by Crippen LogP contribution is -2.12. The zero-order valence-corrected chi connectivity index (χ0v) is 25.2. The topological polar surface area (TPSA) is 17.1 Å². The Morgan fingerprint density at radius 1 is 0.537 bits per heavy atom. The van der Waals surface area contributed by atoms with E-state index in [1.54, 1.807) is 0 Å². The van der Waals surface area contributed by atoms with Crippen LogP contribution in [0.4, 0.5) is 0 Å². The number of rotatable bonds is 3. The molecule has 6 aromatic rings. The third-order valence-corrected chi connectivity index (χ3v) is 8.52. The second-order valence-corrected chi connectivity index (χ2v) is 13.4. The Hall–Kier alpha value is -4.23. The number of carbonyl (C=O) groups is 1. The van der Waals surface area contributed by atoms with Crippen LogP contribution < -0.4 is 0 Å². The van der Waals surface area contributed by atoms with Crippen LogP contribution in [0.2, 0.25) is 0 Å². The first kappa shape index (κ1) is 27.0. The van der Waals surface area contributed by atoms with E-state index in [9.17, 15) is 4.79 Å². The number of benzene rings is 6. The lowest BCUT2D eigenvalue weighted by molar-refractivity contribution is 0.104. The monoisotopic (exact) mass is 534 g/mol. The van der Waals surface area contributed by atoms with Gasteiger partial charge in [-0.15, -0.1) is 0 Å². The summed E-state index contributed by atoms with van der Waals surface area (Å²) in [7, 11) is 0. The third-order valence-electron chi connectivity index (χ3n) is 8.52. The van der Waals surface area contributed by atoms with Gasteiger partial charge in [0.2, 0.25) is 0 Å². The third kappa shape index (κ3) is 4.64. The van der Waals surface area contributed by atoms with Crippen LogP contribution in [0.5, 0.6) is 0 Å². The predicted molar refractivity (Wildman–Crippen MR) is 176 cm³/mol. The Kier molecular flexibility index (Phi) is 6.38. The molecule has 1 nitrogen and oxygen atoms in total. The molecule has 0 atom stereocenters. The number of ketones is 1. The molecule has 0 spiro atoms. The normalized spacial score (nSPS) is 12.4. The molecular weight excluding hydrogens is 496 g/mol. The number of hydrogen-bond donors (Lipinski definition) is 0. The van der Waals surface area contributed by atoms with E-state index in [0.29, 0.717) is 5.56 Å². The van der Waals surface area contributed by atoms with Gasteiger partial charge in [-0.3, -0.25) is 4.79 Å².